The lowest BCUT2D eigenvalue weighted by Gasteiger charge is -2.26. The van der Waals surface area contributed by atoms with Gasteiger partial charge in [-0.05, 0) is 30.4 Å². The lowest BCUT2D eigenvalue weighted by molar-refractivity contribution is -0.122. The maximum atomic E-state index is 12.0. The van der Waals surface area contributed by atoms with Gasteiger partial charge < -0.3 is 5.32 Å². The van der Waals surface area contributed by atoms with Crippen molar-refractivity contribution in [2.75, 3.05) is 0 Å². The molecule has 1 aromatic carbocycles. The predicted molar refractivity (Wildman–Crippen MR) is 70.3 cm³/mol. The summed E-state index contributed by atoms with van der Waals surface area (Å²) in [6.45, 7) is 0.221. The first-order valence-electron chi connectivity index (χ1n) is 6.52. The number of nitrogens with zero attached hydrogens (tertiary/aromatic N) is 3. The fourth-order valence-corrected chi connectivity index (χ4v) is 2.61. The summed E-state index contributed by atoms with van der Waals surface area (Å²) >= 11 is 0. The van der Waals surface area contributed by atoms with E-state index >= 15 is 0 Å². The van der Waals surface area contributed by atoms with E-state index in [4.69, 9.17) is 0 Å². The van der Waals surface area contributed by atoms with E-state index in [0.29, 0.717) is 0 Å². The number of carbonyl (C=O) groups is 1. The van der Waals surface area contributed by atoms with Crippen molar-refractivity contribution in [3.8, 4) is 0 Å². The lowest BCUT2D eigenvalue weighted by Crippen LogP contribution is -2.33. The van der Waals surface area contributed by atoms with E-state index in [1.54, 1.807) is 6.33 Å². The van der Waals surface area contributed by atoms with Gasteiger partial charge >= 0.3 is 0 Å². The molecule has 5 nitrogen and oxygen atoms in total. The molecule has 1 atom stereocenters. The Balaban J connectivity index is 1.69. The van der Waals surface area contributed by atoms with Crippen molar-refractivity contribution in [2.24, 2.45) is 0 Å². The zero-order chi connectivity index (χ0) is 13.1. The Kier molecular flexibility index (Phi) is 3.27. The first kappa shape index (κ1) is 11.9. The van der Waals surface area contributed by atoms with Crippen LogP contribution in [0.15, 0.2) is 36.9 Å². The summed E-state index contributed by atoms with van der Waals surface area (Å²) in [5, 5.41) is 7.02. The Morgan fingerprint density at radius 2 is 2.32 bits per heavy atom. The number of benzene rings is 1. The molecule has 1 heterocycles. The number of amides is 1. The monoisotopic (exact) mass is 256 g/mol. The van der Waals surface area contributed by atoms with E-state index in [-0.39, 0.29) is 18.5 Å². The molecule has 1 aliphatic carbocycles. The first-order chi connectivity index (χ1) is 9.33. The van der Waals surface area contributed by atoms with Crippen LogP contribution in [0.2, 0.25) is 0 Å². The van der Waals surface area contributed by atoms with Crippen molar-refractivity contribution in [1.82, 2.24) is 20.1 Å². The SMILES string of the molecule is O=C(Cn1cncn1)NC1CCCc2ccccc21. The highest BCUT2D eigenvalue weighted by Gasteiger charge is 2.21. The van der Waals surface area contributed by atoms with Crippen LogP contribution in [0.3, 0.4) is 0 Å². The molecule has 3 rings (SSSR count). The molecule has 0 bridgehead atoms. The van der Waals surface area contributed by atoms with E-state index in [1.807, 2.05) is 6.07 Å². The Morgan fingerprint density at radius 3 is 3.16 bits per heavy atom. The summed E-state index contributed by atoms with van der Waals surface area (Å²) in [5.41, 5.74) is 2.60. The molecule has 1 unspecified atom stereocenters. The molecule has 0 radical (unpaired) electrons. The van der Waals surface area contributed by atoms with Crippen LogP contribution in [-0.4, -0.2) is 20.7 Å². The van der Waals surface area contributed by atoms with Crippen molar-refractivity contribution in [3.05, 3.63) is 48.0 Å². The number of hydrogen-bond donors (Lipinski definition) is 1. The van der Waals surface area contributed by atoms with Crippen LogP contribution >= 0.6 is 0 Å². The topological polar surface area (TPSA) is 59.8 Å². The molecule has 19 heavy (non-hydrogen) atoms. The highest BCUT2D eigenvalue weighted by Crippen LogP contribution is 2.29. The van der Waals surface area contributed by atoms with Gasteiger partial charge in [0.1, 0.15) is 19.2 Å². The Morgan fingerprint density at radius 1 is 1.42 bits per heavy atom. The number of nitrogens with one attached hydrogen (secondary N) is 1. The molecule has 1 aromatic heterocycles. The Hall–Kier alpha value is -2.17. The zero-order valence-corrected chi connectivity index (χ0v) is 10.6. The average Bonchev–Trinajstić information content (AvgIpc) is 2.92. The van der Waals surface area contributed by atoms with Gasteiger partial charge in [0.15, 0.2) is 0 Å². The molecular formula is C14H16N4O. The summed E-state index contributed by atoms with van der Waals surface area (Å²) in [4.78, 5) is 15.8. The van der Waals surface area contributed by atoms with Gasteiger partial charge in [0.25, 0.3) is 0 Å². The number of hydrogen-bond acceptors (Lipinski definition) is 3. The molecule has 0 saturated heterocycles. The summed E-state index contributed by atoms with van der Waals surface area (Å²) in [6, 6.07) is 8.46. The number of rotatable bonds is 3. The molecule has 0 fully saturated rings. The molecule has 2 aromatic rings. The van der Waals surface area contributed by atoms with Gasteiger partial charge in [-0.2, -0.15) is 5.10 Å². The van der Waals surface area contributed by atoms with E-state index in [2.05, 4.69) is 33.6 Å². The molecule has 0 spiro atoms. The summed E-state index contributed by atoms with van der Waals surface area (Å²) in [7, 11) is 0. The van der Waals surface area contributed by atoms with Crippen LogP contribution < -0.4 is 5.32 Å². The van der Waals surface area contributed by atoms with Crippen molar-refractivity contribution < 1.29 is 4.79 Å². The largest absolute Gasteiger partial charge is 0.348 e. The number of aromatic nitrogens is 3. The van der Waals surface area contributed by atoms with E-state index in [0.717, 1.165) is 19.3 Å². The fraction of sp³-hybridized carbons (Fsp3) is 0.357. The van der Waals surface area contributed by atoms with Crippen LogP contribution in [0.4, 0.5) is 0 Å². The molecule has 98 valence electrons. The summed E-state index contributed by atoms with van der Waals surface area (Å²) in [6.07, 6.45) is 6.20. The second-order valence-corrected chi connectivity index (χ2v) is 4.80. The van der Waals surface area contributed by atoms with Gasteiger partial charge in [-0.3, -0.25) is 4.79 Å². The number of carbonyl (C=O) groups excluding carboxylic acids is 1. The third-order valence-corrected chi connectivity index (χ3v) is 3.48. The van der Waals surface area contributed by atoms with Gasteiger partial charge in [-0.15, -0.1) is 0 Å². The van der Waals surface area contributed by atoms with Crippen LogP contribution in [-0.2, 0) is 17.8 Å². The molecule has 0 aliphatic heterocycles. The van der Waals surface area contributed by atoms with Gasteiger partial charge in [0.05, 0.1) is 6.04 Å². The van der Waals surface area contributed by atoms with Gasteiger partial charge in [0, 0.05) is 0 Å². The molecule has 0 saturated carbocycles. The van der Waals surface area contributed by atoms with E-state index in [1.165, 1.54) is 22.1 Å². The quantitative estimate of drug-likeness (QED) is 0.904. The van der Waals surface area contributed by atoms with Crippen molar-refractivity contribution >= 4 is 5.91 Å². The van der Waals surface area contributed by atoms with Crippen molar-refractivity contribution in [3.63, 3.8) is 0 Å². The minimum atomic E-state index is -0.0211. The standard InChI is InChI=1S/C14H16N4O/c19-14(8-18-10-15-9-16-18)17-13-7-3-5-11-4-1-2-6-12(11)13/h1-2,4,6,9-10,13H,3,5,7-8H2,(H,17,19). The van der Waals surface area contributed by atoms with Crippen LogP contribution in [0, 0.1) is 0 Å². The smallest absolute Gasteiger partial charge is 0.242 e. The maximum absolute atomic E-state index is 12.0. The third-order valence-electron chi connectivity index (χ3n) is 3.48. The highest BCUT2D eigenvalue weighted by atomic mass is 16.2. The van der Waals surface area contributed by atoms with Gasteiger partial charge in [-0.25, -0.2) is 9.67 Å². The van der Waals surface area contributed by atoms with Crippen molar-refractivity contribution in [2.45, 2.75) is 31.8 Å². The number of aryl methyl sites for hydroxylation is 1. The Labute approximate surface area is 111 Å². The minimum Gasteiger partial charge on any atom is -0.348 e. The van der Waals surface area contributed by atoms with Gasteiger partial charge in [-0.1, -0.05) is 24.3 Å². The molecule has 1 amide bonds. The maximum Gasteiger partial charge on any atom is 0.242 e. The lowest BCUT2D eigenvalue weighted by atomic mass is 9.88. The van der Waals surface area contributed by atoms with E-state index in [9.17, 15) is 4.79 Å². The number of fused-ring (bicyclic) bond motifs is 1. The van der Waals surface area contributed by atoms with Crippen LogP contribution in [0.25, 0.3) is 0 Å². The predicted octanol–water partition coefficient (Wildman–Crippen LogP) is 1.47. The zero-order valence-electron chi connectivity index (χ0n) is 10.6. The molecular weight excluding hydrogens is 240 g/mol. The minimum absolute atomic E-state index is 0.0211. The van der Waals surface area contributed by atoms with Crippen LogP contribution in [0.1, 0.15) is 30.0 Å². The summed E-state index contributed by atoms with van der Waals surface area (Å²) in [5.74, 6) is -0.0211. The van der Waals surface area contributed by atoms with Gasteiger partial charge in [0.2, 0.25) is 5.91 Å². The second-order valence-electron chi connectivity index (χ2n) is 4.80. The molecule has 1 aliphatic rings. The molecule has 5 heteroatoms. The summed E-state index contributed by atoms with van der Waals surface area (Å²) < 4.78 is 1.53. The molecule has 1 N–H and O–H groups in total. The Bertz CT molecular complexity index is 565. The first-order valence-corrected chi connectivity index (χ1v) is 6.52. The second kappa shape index (κ2) is 5.22. The van der Waals surface area contributed by atoms with E-state index < -0.39 is 0 Å². The normalized spacial score (nSPS) is 17.8. The van der Waals surface area contributed by atoms with Crippen molar-refractivity contribution in [1.29, 1.82) is 0 Å². The average molecular weight is 256 g/mol. The fourth-order valence-electron chi connectivity index (χ4n) is 2.61. The third kappa shape index (κ3) is 2.65. The van der Waals surface area contributed by atoms with Crippen LogP contribution in [0.5, 0.6) is 0 Å². The highest BCUT2D eigenvalue weighted by molar-refractivity contribution is 5.76.